The summed E-state index contributed by atoms with van der Waals surface area (Å²) in [6, 6.07) is 5.08. The zero-order valence-corrected chi connectivity index (χ0v) is 10.3. The van der Waals surface area contributed by atoms with Crippen molar-refractivity contribution in [3.8, 4) is 5.75 Å². The maximum Gasteiger partial charge on any atom is 0.339 e. The first-order chi connectivity index (χ1) is 8.61. The lowest BCUT2D eigenvalue weighted by Crippen LogP contribution is -2.04. The van der Waals surface area contributed by atoms with Crippen molar-refractivity contribution in [3.63, 3.8) is 0 Å². The Morgan fingerprint density at radius 3 is 2.83 bits per heavy atom. The average Bonchev–Trinajstić information content (AvgIpc) is 2.74. The Morgan fingerprint density at radius 2 is 2.28 bits per heavy atom. The molecule has 94 valence electrons. The molecule has 1 N–H and O–H groups in total. The molecule has 0 atom stereocenters. The number of imidazole rings is 1. The van der Waals surface area contributed by atoms with E-state index in [1.807, 2.05) is 17.7 Å². The second-order valence-electron chi connectivity index (χ2n) is 3.94. The maximum atomic E-state index is 11.0. The lowest BCUT2D eigenvalue weighted by molar-refractivity contribution is 0.0693. The second kappa shape index (κ2) is 4.91. The summed E-state index contributed by atoms with van der Waals surface area (Å²) in [4.78, 5) is 15.1. The summed E-state index contributed by atoms with van der Waals surface area (Å²) in [6.45, 7) is 2.56. The van der Waals surface area contributed by atoms with Crippen LogP contribution in [0.3, 0.4) is 0 Å². The molecule has 2 aromatic rings. The van der Waals surface area contributed by atoms with Crippen molar-refractivity contribution in [2.45, 2.75) is 13.5 Å². The third kappa shape index (κ3) is 2.34. The molecule has 18 heavy (non-hydrogen) atoms. The first kappa shape index (κ1) is 12.2. The number of nitrogens with zero attached hydrogens (tertiary/aromatic N) is 2. The summed E-state index contributed by atoms with van der Waals surface area (Å²) in [5, 5.41) is 8.99. The average molecular weight is 246 g/mol. The van der Waals surface area contributed by atoms with E-state index < -0.39 is 5.97 Å². The van der Waals surface area contributed by atoms with Crippen molar-refractivity contribution in [3.05, 3.63) is 47.5 Å². The first-order valence-electron chi connectivity index (χ1n) is 5.49. The largest absolute Gasteiger partial charge is 0.496 e. The molecule has 0 spiro atoms. The van der Waals surface area contributed by atoms with Crippen LogP contribution in [-0.4, -0.2) is 27.7 Å². The summed E-state index contributed by atoms with van der Waals surface area (Å²) in [7, 11) is 1.47. The molecule has 0 bridgehead atoms. The predicted molar refractivity (Wildman–Crippen MR) is 66.0 cm³/mol. The van der Waals surface area contributed by atoms with Gasteiger partial charge in [0.2, 0.25) is 0 Å². The van der Waals surface area contributed by atoms with Crippen LogP contribution in [-0.2, 0) is 6.54 Å². The number of rotatable bonds is 4. The summed E-state index contributed by atoms with van der Waals surface area (Å²) >= 11 is 0. The van der Waals surface area contributed by atoms with Crippen LogP contribution in [0.25, 0.3) is 0 Å². The van der Waals surface area contributed by atoms with Crippen molar-refractivity contribution in [1.29, 1.82) is 0 Å². The molecule has 0 saturated heterocycles. The summed E-state index contributed by atoms with van der Waals surface area (Å²) < 4.78 is 7.07. The van der Waals surface area contributed by atoms with Gasteiger partial charge in [-0.1, -0.05) is 6.07 Å². The third-order valence-corrected chi connectivity index (χ3v) is 2.77. The molecule has 0 fully saturated rings. The fourth-order valence-electron chi connectivity index (χ4n) is 1.78. The summed E-state index contributed by atoms with van der Waals surface area (Å²) in [5.74, 6) is 0.297. The van der Waals surface area contributed by atoms with Crippen LogP contribution in [0, 0.1) is 6.92 Å². The van der Waals surface area contributed by atoms with Crippen LogP contribution in [0.15, 0.2) is 30.6 Å². The highest BCUT2D eigenvalue weighted by atomic mass is 16.5. The van der Waals surface area contributed by atoms with Gasteiger partial charge in [-0.05, 0) is 24.6 Å². The molecule has 2 rings (SSSR count). The molecule has 5 heteroatoms. The molecule has 5 nitrogen and oxygen atoms in total. The number of aromatic nitrogens is 2. The van der Waals surface area contributed by atoms with Gasteiger partial charge < -0.3 is 14.4 Å². The summed E-state index contributed by atoms with van der Waals surface area (Å²) in [5.41, 5.74) is 1.14. The SMILES string of the molecule is COc1cc(Cn2ccnc2C)ccc1C(=O)O. The van der Waals surface area contributed by atoms with Crippen molar-refractivity contribution in [2.75, 3.05) is 7.11 Å². The van der Waals surface area contributed by atoms with Gasteiger partial charge in [0, 0.05) is 18.9 Å². The van der Waals surface area contributed by atoms with Gasteiger partial charge in [0.25, 0.3) is 0 Å². The van der Waals surface area contributed by atoms with E-state index in [2.05, 4.69) is 4.98 Å². The Hall–Kier alpha value is -2.30. The predicted octanol–water partition coefficient (Wildman–Crippen LogP) is 1.95. The molecule has 0 aliphatic heterocycles. The van der Waals surface area contributed by atoms with Gasteiger partial charge in [-0.3, -0.25) is 0 Å². The molecule has 0 amide bonds. The standard InChI is InChI=1S/C13H14N2O3/c1-9-14-5-6-15(9)8-10-3-4-11(13(16)17)12(7-10)18-2/h3-7H,8H2,1-2H3,(H,16,17). The molecular formula is C13H14N2O3. The van der Waals surface area contributed by atoms with Crippen molar-refractivity contribution >= 4 is 5.97 Å². The van der Waals surface area contributed by atoms with E-state index >= 15 is 0 Å². The number of hydrogen-bond acceptors (Lipinski definition) is 3. The fourth-order valence-corrected chi connectivity index (χ4v) is 1.78. The Morgan fingerprint density at radius 1 is 1.50 bits per heavy atom. The van der Waals surface area contributed by atoms with Gasteiger partial charge in [-0.2, -0.15) is 0 Å². The van der Waals surface area contributed by atoms with Crippen LogP contribution >= 0.6 is 0 Å². The molecule has 0 aliphatic rings. The minimum absolute atomic E-state index is 0.170. The molecule has 1 heterocycles. The van der Waals surface area contributed by atoms with E-state index in [4.69, 9.17) is 9.84 Å². The van der Waals surface area contributed by atoms with E-state index in [9.17, 15) is 4.79 Å². The Balaban J connectivity index is 2.30. The zero-order valence-electron chi connectivity index (χ0n) is 10.3. The van der Waals surface area contributed by atoms with E-state index in [0.717, 1.165) is 11.4 Å². The van der Waals surface area contributed by atoms with Gasteiger partial charge in [0.05, 0.1) is 7.11 Å². The van der Waals surface area contributed by atoms with Crippen LogP contribution in [0.1, 0.15) is 21.7 Å². The number of hydrogen-bond donors (Lipinski definition) is 1. The van der Waals surface area contributed by atoms with Gasteiger partial charge in [-0.15, -0.1) is 0 Å². The quantitative estimate of drug-likeness (QED) is 0.895. The number of benzene rings is 1. The monoisotopic (exact) mass is 246 g/mol. The number of carboxylic acid groups (broad SMARTS) is 1. The molecule has 1 aromatic carbocycles. The van der Waals surface area contributed by atoms with Crippen LogP contribution in [0.2, 0.25) is 0 Å². The lowest BCUT2D eigenvalue weighted by atomic mass is 10.1. The van der Waals surface area contributed by atoms with Gasteiger partial charge in [0.1, 0.15) is 17.1 Å². The first-order valence-corrected chi connectivity index (χ1v) is 5.49. The van der Waals surface area contributed by atoms with Crippen molar-refractivity contribution in [1.82, 2.24) is 9.55 Å². The number of carboxylic acids is 1. The van der Waals surface area contributed by atoms with Crippen LogP contribution in [0.4, 0.5) is 0 Å². The highest BCUT2D eigenvalue weighted by Crippen LogP contribution is 2.21. The van der Waals surface area contributed by atoms with E-state index in [0.29, 0.717) is 12.3 Å². The van der Waals surface area contributed by atoms with Crippen LogP contribution < -0.4 is 4.74 Å². The normalized spacial score (nSPS) is 10.3. The smallest absolute Gasteiger partial charge is 0.339 e. The number of aryl methyl sites for hydroxylation is 1. The molecule has 0 saturated carbocycles. The lowest BCUT2D eigenvalue weighted by Gasteiger charge is -2.09. The second-order valence-corrected chi connectivity index (χ2v) is 3.94. The van der Waals surface area contributed by atoms with Gasteiger partial charge >= 0.3 is 5.97 Å². The minimum atomic E-state index is -0.989. The minimum Gasteiger partial charge on any atom is -0.496 e. The third-order valence-electron chi connectivity index (χ3n) is 2.77. The topological polar surface area (TPSA) is 64.4 Å². The highest BCUT2D eigenvalue weighted by molar-refractivity contribution is 5.90. The molecule has 0 unspecified atom stereocenters. The Labute approximate surface area is 105 Å². The van der Waals surface area contributed by atoms with Gasteiger partial charge in [0.15, 0.2) is 0 Å². The fraction of sp³-hybridized carbons (Fsp3) is 0.231. The van der Waals surface area contributed by atoms with E-state index in [-0.39, 0.29) is 5.56 Å². The van der Waals surface area contributed by atoms with Gasteiger partial charge in [-0.25, -0.2) is 9.78 Å². The zero-order chi connectivity index (χ0) is 13.1. The van der Waals surface area contributed by atoms with Crippen LogP contribution in [0.5, 0.6) is 5.75 Å². The molecule has 0 radical (unpaired) electrons. The summed E-state index contributed by atoms with van der Waals surface area (Å²) in [6.07, 6.45) is 3.62. The molecular weight excluding hydrogens is 232 g/mol. The number of aromatic carboxylic acids is 1. The molecule has 0 aliphatic carbocycles. The number of carbonyl (C=O) groups is 1. The number of ether oxygens (including phenoxy) is 1. The van der Waals surface area contributed by atoms with E-state index in [1.165, 1.54) is 7.11 Å². The van der Waals surface area contributed by atoms with Crippen molar-refractivity contribution in [2.24, 2.45) is 0 Å². The van der Waals surface area contributed by atoms with E-state index in [1.54, 1.807) is 24.4 Å². The Bertz CT molecular complexity index is 575. The Kier molecular flexibility index (Phi) is 3.32. The molecule has 1 aromatic heterocycles. The highest BCUT2D eigenvalue weighted by Gasteiger charge is 2.11. The van der Waals surface area contributed by atoms with Crippen molar-refractivity contribution < 1.29 is 14.6 Å². The maximum absolute atomic E-state index is 11.0. The number of methoxy groups -OCH3 is 1.